The van der Waals surface area contributed by atoms with Crippen molar-refractivity contribution in [3.63, 3.8) is 0 Å². The number of fused-ring (bicyclic) bond motifs is 5. The van der Waals surface area contributed by atoms with Gasteiger partial charge in [-0.2, -0.15) is 4.31 Å². The summed E-state index contributed by atoms with van der Waals surface area (Å²) in [6.45, 7) is 4.03. The Morgan fingerprint density at radius 1 is 0.912 bits per heavy atom. The average molecular weight is 483 g/mol. The van der Waals surface area contributed by atoms with E-state index in [4.69, 9.17) is 0 Å². The molecule has 0 aromatic heterocycles. The molecule has 0 bridgehead atoms. The van der Waals surface area contributed by atoms with E-state index in [2.05, 4.69) is 0 Å². The Morgan fingerprint density at radius 3 is 2.21 bits per heavy atom. The largest absolute Gasteiger partial charge is 0.339 e. The van der Waals surface area contributed by atoms with Crippen molar-refractivity contribution in [2.45, 2.75) is 25.3 Å². The molecule has 0 N–H and O–H groups in total. The highest BCUT2D eigenvalue weighted by Gasteiger charge is 2.48. The van der Waals surface area contributed by atoms with E-state index in [9.17, 15) is 22.8 Å². The molecule has 1 saturated heterocycles. The van der Waals surface area contributed by atoms with Crippen LogP contribution in [-0.4, -0.2) is 78.2 Å². The Morgan fingerprint density at radius 2 is 1.53 bits per heavy atom. The molecule has 3 amide bonds. The molecule has 1 atom stereocenters. The van der Waals surface area contributed by atoms with Crippen LogP contribution in [0.2, 0.25) is 0 Å². The van der Waals surface area contributed by atoms with Gasteiger partial charge in [0.25, 0.3) is 11.8 Å². The first-order valence-corrected chi connectivity index (χ1v) is 12.8. The lowest BCUT2D eigenvalue weighted by atomic mass is 10.0. The van der Waals surface area contributed by atoms with Crippen LogP contribution in [-0.2, 0) is 14.8 Å². The van der Waals surface area contributed by atoms with Crippen LogP contribution in [0.5, 0.6) is 0 Å². The van der Waals surface area contributed by atoms with Crippen LogP contribution in [0, 0.1) is 0 Å². The number of benzene rings is 2. The van der Waals surface area contributed by atoms with Gasteiger partial charge in [0, 0.05) is 37.3 Å². The lowest BCUT2D eigenvalue weighted by Gasteiger charge is -2.42. The van der Waals surface area contributed by atoms with Crippen molar-refractivity contribution in [1.82, 2.24) is 14.1 Å². The Bertz CT molecular complexity index is 1280. The second-order valence-electron chi connectivity index (χ2n) is 8.96. The van der Waals surface area contributed by atoms with Crippen LogP contribution in [0.25, 0.3) is 0 Å². The predicted octanol–water partition coefficient (Wildman–Crippen LogP) is 1.68. The Hall–Kier alpha value is -3.24. The van der Waals surface area contributed by atoms with Crippen LogP contribution in [0.4, 0.5) is 5.69 Å². The Kier molecular flexibility index (Phi) is 5.44. The molecule has 2 aromatic rings. The van der Waals surface area contributed by atoms with Crippen LogP contribution in [0.15, 0.2) is 48.5 Å². The van der Waals surface area contributed by atoms with Gasteiger partial charge < -0.3 is 9.80 Å². The fourth-order valence-electron chi connectivity index (χ4n) is 4.87. The molecule has 10 heteroatoms. The predicted molar refractivity (Wildman–Crippen MR) is 126 cm³/mol. The van der Waals surface area contributed by atoms with Gasteiger partial charge in [-0.1, -0.05) is 30.3 Å². The third-order valence-corrected chi connectivity index (χ3v) is 9.01. The summed E-state index contributed by atoms with van der Waals surface area (Å²) in [7, 11) is -3.38. The normalized spacial score (nSPS) is 20.4. The van der Waals surface area contributed by atoms with E-state index >= 15 is 0 Å². The number of carbonyl (C=O) groups is 3. The molecule has 0 unspecified atom stereocenters. The molecule has 0 spiro atoms. The molecule has 9 nitrogen and oxygen atoms in total. The van der Waals surface area contributed by atoms with E-state index < -0.39 is 21.4 Å². The zero-order valence-corrected chi connectivity index (χ0v) is 19.9. The number of nitrogens with zero attached hydrogens (tertiary/aromatic N) is 4. The van der Waals surface area contributed by atoms with Gasteiger partial charge in [-0.3, -0.25) is 19.3 Å². The maximum Gasteiger partial charge on any atom is 0.260 e. The lowest BCUT2D eigenvalue weighted by molar-refractivity contribution is -0.133. The van der Waals surface area contributed by atoms with Gasteiger partial charge in [0.05, 0.1) is 16.5 Å². The molecule has 3 heterocycles. The minimum Gasteiger partial charge on any atom is -0.339 e. The smallest absolute Gasteiger partial charge is 0.260 e. The lowest BCUT2D eigenvalue weighted by Crippen LogP contribution is -2.56. The highest BCUT2D eigenvalue weighted by Crippen LogP contribution is 2.45. The fourth-order valence-corrected chi connectivity index (χ4v) is 6.14. The van der Waals surface area contributed by atoms with Crippen molar-refractivity contribution >= 4 is 33.4 Å². The van der Waals surface area contributed by atoms with Gasteiger partial charge in [-0.05, 0) is 32.0 Å². The maximum atomic E-state index is 13.5. The van der Waals surface area contributed by atoms with Crippen molar-refractivity contribution < 1.29 is 22.8 Å². The van der Waals surface area contributed by atoms with E-state index in [1.54, 1.807) is 60.0 Å². The first kappa shape index (κ1) is 22.5. The second kappa shape index (κ2) is 8.21. The van der Waals surface area contributed by atoms with Gasteiger partial charge in [-0.15, -0.1) is 0 Å². The molecule has 0 radical (unpaired) electrons. The molecule has 34 heavy (non-hydrogen) atoms. The number of anilines is 1. The number of amides is 3. The average Bonchev–Trinajstić information content (AvgIpc) is 3.14. The van der Waals surface area contributed by atoms with Crippen LogP contribution in [0.3, 0.4) is 0 Å². The topological polar surface area (TPSA) is 98.3 Å². The quantitative estimate of drug-likeness (QED) is 0.661. The number of sulfonamides is 1. The number of piperazine rings is 1. The number of hydrogen-bond acceptors (Lipinski definition) is 5. The van der Waals surface area contributed by atoms with Gasteiger partial charge in [0.1, 0.15) is 12.7 Å². The van der Waals surface area contributed by atoms with E-state index in [0.29, 0.717) is 22.4 Å². The molecular formula is C24H26N4O5S. The van der Waals surface area contributed by atoms with Crippen molar-refractivity contribution in [3.8, 4) is 0 Å². The first-order chi connectivity index (χ1) is 16.2. The third-order valence-electron chi connectivity index (χ3n) is 6.74. The zero-order chi connectivity index (χ0) is 24.2. The number of carbonyl (C=O) groups excluding carboxylic acids is 3. The standard InChI is InChI=1S/C24H26N4O5S/c1-16(2)34(32,33)26-13-11-25(12-14-26)21(29)15-27-22-17-7-3-4-8-18(17)24(31)28(22)20-10-6-5-9-19(20)23(27)30/h3-10,16,22H,11-15H2,1-2H3/t22-/m0/s1. The Labute approximate surface area is 198 Å². The molecular weight excluding hydrogens is 456 g/mol. The maximum absolute atomic E-state index is 13.5. The van der Waals surface area contributed by atoms with E-state index in [1.165, 1.54) is 9.21 Å². The van der Waals surface area contributed by atoms with Crippen LogP contribution < -0.4 is 4.90 Å². The van der Waals surface area contributed by atoms with E-state index in [-0.39, 0.29) is 50.4 Å². The van der Waals surface area contributed by atoms with Crippen molar-refractivity contribution in [2.24, 2.45) is 0 Å². The summed E-state index contributed by atoms with van der Waals surface area (Å²) < 4.78 is 26.3. The first-order valence-electron chi connectivity index (χ1n) is 11.3. The minimum atomic E-state index is -3.38. The molecule has 0 aliphatic carbocycles. The van der Waals surface area contributed by atoms with E-state index in [1.807, 2.05) is 12.1 Å². The summed E-state index contributed by atoms with van der Waals surface area (Å²) in [6.07, 6.45) is -0.697. The molecule has 1 fully saturated rings. The van der Waals surface area contributed by atoms with Crippen molar-refractivity contribution in [2.75, 3.05) is 37.6 Å². The molecule has 3 aliphatic rings. The van der Waals surface area contributed by atoms with Crippen LogP contribution >= 0.6 is 0 Å². The molecule has 5 rings (SSSR count). The fraction of sp³-hybridized carbons (Fsp3) is 0.375. The van der Waals surface area contributed by atoms with Gasteiger partial charge in [0.2, 0.25) is 15.9 Å². The Balaban J connectivity index is 1.41. The highest BCUT2D eigenvalue weighted by atomic mass is 32.2. The summed E-state index contributed by atoms with van der Waals surface area (Å²) in [5.74, 6) is -0.785. The van der Waals surface area contributed by atoms with Crippen molar-refractivity contribution in [3.05, 3.63) is 65.2 Å². The van der Waals surface area contributed by atoms with Gasteiger partial charge in [-0.25, -0.2) is 8.42 Å². The van der Waals surface area contributed by atoms with Crippen molar-refractivity contribution in [1.29, 1.82) is 0 Å². The molecule has 3 aliphatic heterocycles. The van der Waals surface area contributed by atoms with Gasteiger partial charge in [0.15, 0.2) is 0 Å². The van der Waals surface area contributed by atoms with Gasteiger partial charge >= 0.3 is 0 Å². The second-order valence-corrected chi connectivity index (χ2v) is 11.4. The molecule has 0 saturated carbocycles. The SMILES string of the molecule is CC(C)S(=O)(=O)N1CCN(C(=O)CN2C(=O)c3ccccc3N3C(=O)c4ccccc4[C@@H]23)CC1. The minimum absolute atomic E-state index is 0.202. The third kappa shape index (κ3) is 3.40. The zero-order valence-electron chi connectivity index (χ0n) is 19.0. The van der Waals surface area contributed by atoms with Crippen LogP contribution in [0.1, 0.15) is 46.3 Å². The number of rotatable bonds is 4. The number of para-hydroxylation sites is 1. The monoisotopic (exact) mass is 482 g/mol. The van der Waals surface area contributed by atoms with E-state index in [0.717, 1.165) is 0 Å². The molecule has 2 aromatic carbocycles. The summed E-state index contributed by atoms with van der Waals surface area (Å²) in [6, 6.07) is 14.1. The summed E-state index contributed by atoms with van der Waals surface area (Å²) >= 11 is 0. The molecule has 178 valence electrons. The summed E-state index contributed by atoms with van der Waals surface area (Å²) in [5, 5.41) is -0.522. The summed E-state index contributed by atoms with van der Waals surface area (Å²) in [4.78, 5) is 44.6. The highest BCUT2D eigenvalue weighted by molar-refractivity contribution is 7.89. The summed E-state index contributed by atoms with van der Waals surface area (Å²) in [5.41, 5.74) is 2.12. The number of hydrogen-bond donors (Lipinski definition) is 0.